The number of aliphatic carboxylic acids is 2. The number of hydrogen-bond donors (Lipinski definition) is 5. The highest BCUT2D eigenvalue weighted by atomic mass is 32.2. The highest BCUT2D eigenvalue weighted by Gasteiger charge is 2.50. The molecule has 0 spiro atoms. The van der Waals surface area contributed by atoms with Gasteiger partial charge in [-0.2, -0.15) is 0 Å². The van der Waals surface area contributed by atoms with E-state index >= 15 is 0 Å². The van der Waals surface area contributed by atoms with Crippen LogP contribution in [0.1, 0.15) is 19.3 Å². The number of nitrogens with one attached hydrogen (secondary N) is 2. The first-order valence-electron chi connectivity index (χ1n) is 9.76. The third kappa shape index (κ3) is 9.12. The summed E-state index contributed by atoms with van der Waals surface area (Å²) >= 11 is 0.510. The summed E-state index contributed by atoms with van der Waals surface area (Å²) in [7, 11) is 0. The number of carbonyl (C=O) groups excluding carboxylic acids is 2. The number of hydrogen-bond acceptors (Lipinski definition) is 12. The van der Waals surface area contributed by atoms with Crippen molar-refractivity contribution in [3.63, 3.8) is 0 Å². The summed E-state index contributed by atoms with van der Waals surface area (Å²) < 4.78 is 0. The fraction of sp³-hybridized carbons (Fsp3) is 0.625. The number of carbonyl (C=O) groups is 4. The number of amides is 2. The fourth-order valence-corrected chi connectivity index (χ4v) is 4.38. The number of nitrogens with zero attached hydrogens (tertiary/aromatic N) is 3. The molecule has 2 amide bonds. The molecule has 1 rings (SSSR count). The summed E-state index contributed by atoms with van der Waals surface area (Å²) in [6.07, 6.45) is -0.708. The molecule has 1 aliphatic carbocycles. The zero-order chi connectivity index (χ0) is 26.9. The van der Waals surface area contributed by atoms with Crippen molar-refractivity contribution in [2.24, 2.45) is 5.73 Å². The number of nitrogens with two attached hydrogens (primary N) is 1. The van der Waals surface area contributed by atoms with Crippen LogP contribution in [0.3, 0.4) is 0 Å². The Hall–Kier alpha value is -3.87. The van der Waals surface area contributed by atoms with Crippen molar-refractivity contribution < 1.29 is 44.2 Å². The highest BCUT2D eigenvalue weighted by molar-refractivity contribution is 8.00. The van der Waals surface area contributed by atoms with Crippen LogP contribution in [0, 0.1) is 30.3 Å². The SMILES string of the molecule is N[C@@H](CCC(=O)N[C@@H](CS[C@H]1C([N+](=O)[O-])=C[C@@H]([N+](=O)[O-])CC1[N+](=O)[O-])C(=O)NCC(=O)O)C(=O)O. The maximum atomic E-state index is 12.4. The lowest BCUT2D eigenvalue weighted by molar-refractivity contribution is -0.561. The maximum absolute atomic E-state index is 12.4. The standard InChI is InChI=1S/C16H22N6O12S/c17-8(16(27)28)1-2-12(23)19-9(15(26)18-5-13(24)25)6-35-14-10(21(31)32)3-7(20(29)30)4-11(14)22(33)34/h3,7-9,11,14H,1-2,4-6,17H2,(H,18,26)(H,19,23)(H,24,25)(H,27,28)/t7-,8+,9+,11?,14+/m1/s1. The Kier molecular flexibility index (Phi) is 10.9. The molecule has 0 aliphatic heterocycles. The van der Waals surface area contributed by atoms with Crippen LogP contribution in [-0.4, -0.2) is 90.5 Å². The Morgan fingerprint density at radius 1 is 1.14 bits per heavy atom. The summed E-state index contributed by atoms with van der Waals surface area (Å²) in [5, 5.41) is 54.2. The van der Waals surface area contributed by atoms with Gasteiger partial charge in [-0.05, 0) is 6.42 Å². The van der Waals surface area contributed by atoms with Gasteiger partial charge in [-0.25, -0.2) is 0 Å². The maximum Gasteiger partial charge on any atom is 0.322 e. The number of carboxylic acids is 2. The first-order valence-corrected chi connectivity index (χ1v) is 10.8. The third-order valence-electron chi connectivity index (χ3n) is 4.75. The molecule has 0 bridgehead atoms. The Morgan fingerprint density at radius 3 is 2.26 bits per heavy atom. The summed E-state index contributed by atoms with van der Waals surface area (Å²) in [5.74, 6) is -5.19. The van der Waals surface area contributed by atoms with E-state index in [1.54, 1.807) is 0 Å². The molecule has 35 heavy (non-hydrogen) atoms. The van der Waals surface area contributed by atoms with Gasteiger partial charge in [-0.15, -0.1) is 11.8 Å². The fourth-order valence-electron chi connectivity index (χ4n) is 2.98. The average Bonchev–Trinajstić information content (AvgIpc) is 2.77. The van der Waals surface area contributed by atoms with Crippen molar-refractivity contribution in [3.8, 4) is 0 Å². The van der Waals surface area contributed by atoms with Gasteiger partial charge >= 0.3 is 11.9 Å². The smallest absolute Gasteiger partial charge is 0.322 e. The highest BCUT2D eigenvalue weighted by Crippen LogP contribution is 2.33. The quantitative estimate of drug-likeness (QED) is 0.120. The number of thioether (sulfide) groups is 1. The summed E-state index contributed by atoms with van der Waals surface area (Å²) in [4.78, 5) is 77.2. The van der Waals surface area contributed by atoms with Crippen molar-refractivity contribution in [2.45, 2.75) is 48.7 Å². The molecule has 6 N–H and O–H groups in total. The average molecular weight is 522 g/mol. The number of carboxylic acid groups (broad SMARTS) is 2. The molecule has 194 valence electrons. The molecular weight excluding hydrogens is 500 g/mol. The summed E-state index contributed by atoms with van der Waals surface area (Å²) in [6.45, 7) is -0.842. The van der Waals surface area contributed by atoms with Gasteiger partial charge in [0.15, 0.2) is 5.25 Å². The molecule has 0 heterocycles. The first-order chi connectivity index (χ1) is 16.2. The Labute approximate surface area is 199 Å². The van der Waals surface area contributed by atoms with Crippen molar-refractivity contribution in [1.29, 1.82) is 0 Å². The van der Waals surface area contributed by atoms with E-state index in [1.807, 2.05) is 5.32 Å². The van der Waals surface area contributed by atoms with Gasteiger partial charge < -0.3 is 26.6 Å². The molecule has 0 fully saturated rings. The lowest BCUT2D eigenvalue weighted by Gasteiger charge is -2.25. The molecular formula is C16H22N6O12S. The second-order valence-corrected chi connectivity index (χ2v) is 8.43. The van der Waals surface area contributed by atoms with E-state index in [0.717, 1.165) is 0 Å². The van der Waals surface area contributed by atoms with Crippen LogP contribution in [0.5, 0.6) is 0 Å². The summed E-state index contributed by atoms with van der Waals surface area (Å²) in [5.41, 5.74) is 4.49. The number of rotatable bonds is 14. The molecule has 0 aromatic heterocycles. The molecule has 0 radical (unpaired) electrons. The van der Waals surface area contributed by atoms with E-state index in [9.17, 15) is 49.5 Å². The minimum Gasteiger partial charge on any atom is -0.480 e. The van der Waals surface area contributed by atoms with Crippen LogP contribution >= 0.6 is 11.8 Å². The van der Waals surface area contributed by atoms with E-state index in [2.05, 4.69) is 5.32 Å². The normalized spacial score (nSPS) is 21.1. The van der Waals surface area contributed by atoms with Gasteiger partial charge in [0.05, 0.1) is 17.4 Å². The predicted octanol–water partition coefficient (Wildman–Crippen LogP) is -2.18. The van der Waals surface area contributed by atoms with Crippen LogP contribution < -0.4 is 16.4 Å². The second-order valence-electron chi connectivity index (χ2n) is 7.26. The first kappa shape index (κ1) is 29.2. The van der Waals surface area contributed by atoms with Crippen molar-refractivity contribution in [2.75, 3.05) is 12.3 Å². The van der Waals surface area contributed by atoms with Crippen LogP contribution in [0.15, 0.2) is 11.8 Å². The molecule has 0 saturated heterocycles. The zero-order valence-electron chi connectivity index (χ0n) is 17.8. The molecule has 0 aromatic rings. The molecule has 18 nitrogen and oxygen atoms in total. The Bertz CT molecular complexity index is 927. The lowest BCUT2D eigenvalue weighted by atomic mass is 9.95. The minimum atomic E-state index is -1.76. The van der Waals surface area contributed by atoms with Crippen molar-refractivity contribution in [1.82, 2.24) is 10.6 Å². The van der Waals surface area contributed by atoms with Gasteiger partial charge in [-0.3, -0.25) is 49.5 Å². The third-order valence-corrected chi connectivity index (χ3v) is 6.19. The van der Waals surface area contributed by atoms with Crippen molar-refractivity contribution in [3.05, 3.63) is 42.1 Å². The zero-order valence-corrected chi connectivity index (χ0v) is 18.6. The summed E-state index contributed by atoms with van der Waals surface area (Å²) in [6, 6.07) is -6.33. The molecule has 1 unspecified atom stereocenters. The molecule has 0 saturated carbocycles. The van der Waals surface area contributed by atoms with Gasteiger partial charge in [0.1, 0.15) is 18.6 Å². The van der Waals surface area contributed by atoms with E-state index < -0.39 is 98.8 Å². The lowest BCUT2D eigenvalue weighted by Crippen LogP contribution is -2.50. The van der Waals surface area contributed by atoms with Crippen LogP contribution in [0.2, 0.25) is 0 Å². The second kappa shape index (κ2) is 13.1. The van der Waals surface area contributed by atoms with E-state index in [1.165, 1.54) is 0 Å². The van der Waals surface area contributed by atoms with E-state index in [0.29, 0.717) is 17.8 Å². The van der Waals surface area contributed by atoms with Gasteiger partial charge in [0, 0.05) is 22.0 Å². The monoisotopic (exact) mass is 522 g/mol. The number of nitro groups is 3. The van der Waals surface area contributed by atoms with Crippen LogP contribution in [0.4, 0.5) is 0 Å². The molecule has 1 aliphatic rings. The molecule has 5 atom stereocenters. The molecule has 19 heteroatoms. The van der Waals surface area contributed by atoms with Crippen LogP contribution in [-0.2, 0) is 19.2 Å². The minimum absolute atomic E-state index is 0.305. The predicted molar refractivity (Wildman–Crippen MR) is 115 cm³/mol. The van der Waals surface area contributed by atoms with Crippen LogP contribution in [0.25, 0.3) is 0 Å². The Balaban J connectivity index is 3.09. The van der Waals surface area contributed by atoms with E-state index in [-0.39, 0.29) is 6.42 Å². The topological polar surface area (TPSA) is 288 Å². The largest absolute Gasteiger partial charge is 0.480 e. The molecule has 0 aromatic carbocycles. The van der Waals surface area contributed by atoms with Gasteiger partial charge in [0.25, 0.3) is 5.70 Å². The Morgan fingerprint density at radius 2 is 1.77 bits per heavy atom. The van der Waals surface area contributed by atoms with E-state index in [4.69, 9.17) is 15.9 Å². The van der Waals surface area contributed by atoms with Crippen molar-refractivity contribution >= 4 is 35.5 Å². The van der Waals surface area contributed by atoms with Gasteiger partial charge in [0.2, 0.25) is 23.9 Å². The van der Waals surface area contributed by atoms with Gasteiger partial charge in [-0.1, -0.05) is 0 Å².